The van der Waals surface area contributed by atoms with Crippen molar-refractivity contribution in [3.63, 3.8) is 0 Å². The highest BCUT2D eigenvalue weighted by Gasteiger charge is 2.23. The number of nitrogens with zero attached hydrogens (tertiary/aromatic N) is 1. The number of aromatic amines is 1. The van der Waals surface area contributed by atoms with E-state index in [0.717, 1.165) is 10.2 Å². The molecule has 0 bridgehead atoms. The number of anilines is 1. The minimum absolute atomic E-state index is 0.281. The van der Waals surface area contributed by atoms with E-state index in [4.69, 9.17) is 4.74 Å². The van der Waals surface area contributed by atoms with Gasteiger partial charge in [-0.15, -0.1) is 0 Å². The summed E-state index contributed by atoms with van der Waals surface area (Å²) in [6.45, 7) is 5.50. The van der Waals surface area contributed by atoms with E-state index in [1.807, 2.05) is 24.3 Å². The van der Waals surface area contributed by atoms with Gasteiger partial charge in [0.05, 0.1) is 22.4 Å². The predicted molar refractivity (Wildman–Crippen MR) is 93.8 cm³/mol. The number of aromatic nitrogens is 2. The lowest BCUT2D eigenvalue weighted by Crippen LogP contribution is -2.14. The van der Waals surface area contributed by atoms with Gasteiger partial charge >= 0.3 is 5.97 Å². The molecule has 0 aliphatic carbocycles. The molecule has 7 heteroatoms. The molecule has 3 aromatic rings. The van der Waals surface area contributed by atoms with Crippen LogP contribution in [-0.2, 0) is 4.74 Å². The highest BCUT2D eigenvalue weighted by atomic mass is 32.1. The highest BCUT2D eigenvalue weighted by Crippen LogP contribution is 2.27. The molecule has 0 unspecified atom stereocenters. The smallest absolute Gasteiger partial charge is 0.355 e. The van der Waals surface area contributed by atoms with Gasteiger partial charge in [-0.25, -0.2) is 9.78 Å². The van der Waals surface area contributed by atoms with Crippen LogP contribution in [0.15, 0.2) is 24.3 Å². The topological polar surface area (TPSA) is 84.1 Å². The molecule has 2 aromatic heterocycles. The van der Waals surface area contributed by atoms with Crippen molar-refractivity contribution in [2.45, 2.75) is 20.8 Å². The Bertz CT molecular complexity index is 893. The molecule has 0 fully saturated rings. The maximum absolute atomic E-state index is 12.6. The fourth-order valence-corrected chi connectivity index (χ4v) is 3.44. The lowest BCUT2D eigenvalue weighted by molar-refractivity contribution is 0.0519. The Kier molecular flexibility index (Phi) is 4.35. The largest absolute Gasteiger partial charge is 0.461 e. The first kappa shape index (κ1) is 16.2. The summed E-state index contributed by atoms with van der Waals surface area (Å²) in [7, 11) is 0. The van der Waals surface area contributed by atoms with E-state index in [2.05, 4.69) is 15.3 Å². The van der Waals surface area contributed by atoms with Crippen molar-refractivity contribution in [3.8, 4) is 0 Å². The number of carbonyl (C=O) groups excluding carboxylic acids is 2. The summed E-state index contributed by atoms with van der Waals surface area (Å²) in [6.07, 6.45) is 0. The second kappa shape index (κ2) is 6.45. The van der Waals surface area contributed by atoms with E-state index in [1.165, 1.54) is 11.3 Å². The molecule has 124 valence electrons. The number of thiazole rings is 1. The zero-order valence-electron chi connectivity index (χ0n) is 13.6. The number of hydrogen-bond acceptors (Lipinski definition) is 5. The molecule has 1 aromatic carbocycles. The van der Waals surface area contributed by atoms with Crippen molar-refractivity contribution in [1.82, 2.24) is 9.97 Å². The molecule has 0 saturated carbocycles. The molecule has 24 heavy (non-hydrogen) atoms. The van der Waals surface area contributed by atoms with Gasteiger partial charge in [-0.2, -0.15) is 0 Å². The van der Waals surface area contributed by atoms with Crippen LogP contribution in [0, 0.1) is 13.8 Å². The zero-order valence-corrected chi connectivity index (χ0v) is 14.4. The number of fused-ring (bicyclic) bond motifs is 1. The maximum atomic E-state index is 12.6. The molecule has 0 atom stereocenters. The summed E-state index contributed by atoms with van der Waals surface area (Å²) < 4.78 is 6.01. The Morgan fingerprint density at radius 1 is 1.29 bits per heavy atom. The first-order chi connectivity index (χ1) is 11.5. The predicted octanol–water partition coefficient (Wildman–Crippen LogP) is 3.67. The number of carbonyl (C=O) groups is 2. The number of esters is 1. The lowest BCUT2D eigenvalue weighted by Gasteiger charge is -2.03. The van der Waals surface area contributed by atoms with Crippen LogP contribution in [0.1, 0.15) is 39.0 Å². The van der Waals surface area contributed by atoms with E-state index in [0.29, 0.717) is 27.6 Å². The molecule has 2 N–H and O–H groups in total. The first-order valence-electron chi connectivity index (χ1n) is 7.54. The van der Waals surface area contributed by atoms with Crippen LogP contribution in [0.4, 0.5) is 5.13 Å². The van der Waals surface area contributed by atoms with E-state index in [-0.39, 0.29) is 12.5 Å². The quantitative estimate of drug-likeness (QED) is 0.708. The van der Waals surface area contributed by atoms with Crippen LogP contribution in [-0.4, -0.2) is 28.5 Å². The van der Waals surface area contributed by atoms with Crippen molar-refractivity contribution in [2.75, 3.05) is 11.9 Å². The molecule has 2 heterocycles. The Balaban J connectivity index is 1.88. The third-order valence-corrected chi connectivity index (χ3v) is 4.61. The van der Waals surface area contributed by atoms with Crippen LogP contribution >= 0.6 is 11.3 Å². The van der Waals surface area contributed by atoms with E-state index < -0.39 is 5.97 Å². The molecule has 0 radical (unpaired) electrons. The normalized spacial score (nSPS) is 10.8. The van der Waals surface area contributed by atoms with Crippen molar-refractivity contribution >= 4 is 38.6 Å². The van der Waals surface area contributed by atoms with Gasteiger partial charge in [0, 0.05) is 5.69 Å². The lowest BCUT2D eigenvalue weighted by atomic mass is 10.1. The molecular weight excluding hydrogens is 326 g/mol. The molecule has 0 aliphatic heterocycles. The Morgan fingerprint density at radius 2 is 2.04 bits per heavy atom. The fraction of sp³-hybridized carbons (Fsp3) is 0.235. The first-order valence-corrected chi connectivity index (χ1v) is 8.36. The number of para-hydroxylation sites is 1. The van der Waals surface area contributed by atoms with E-state index >= 15 is 0 Å². The monoisotopic (exact) mass is 343 g/mol. The van der Waals surface area contributed by atoms with Gasteiger partial charge in [0.15, 0.2) is 5.13 Å². The van der Waals surface area contributed by atoms with Crippen LogP contribution < -0.4 is 5.32 Å². The molecule has 3 rings (SSSR count). The van der Waals surface area contributed by atoms with Crippen LogP contribution in [0.25, 0.3) is 10.2 Å². The van der Waals surface area contributed by atoms with Crippen molar-refractivity contribution in [2.24, 2.45) is 0 Å². The minimum Gasteiger partial charge on any atom is -0.461 e. The molecule has 0 saturated heterocycles. The number of nitrogens with one attached hydrogen (secondary N) is 2. The second-order valence-corrected chi connectivity index (χ2v) is 6.32. The third kappa shape index (κ3) is 2.90. The standard InChI is InChI=1S/C17H17N3O3S/c1-4-23-16(22)14-9(2)13(10(3)18-14)15(21)20-17-19-11-7-5-6-8-12(11)24-17/h5-8,18H,4H2,1-3H3,(H,19,20,21). The molecule has 6 nitrogen and oxygen atoms in total. The van der Waals surface area contributed by atoms with Crippen molar-refractivity contribution < 1.29 is 14.3 Å². The second-order valence-electron chi connectivity index (χ2n) is 5.29. The van der Waals surface area contributed by atoms with Crippen LogP contribution in [0.3, 0.4) is 0 Å². The Morgan fingerprint density at radius 3 is 2.75 bits per heavy atom. The zero-order chi connectivity index (χ0) is 17.3. The number of aryl methyl sites for hydroxylation is 1. The van der Waals surface area contributed by atoms with E-state index in [1.54, 1.807) is 20.8 Å². The number of H-pyrrole nitrogens is 1. The van der Waals surface area contributed by atoms with Gasteiger partial charge in [-0.3, -0.25) is 10.1 Å². The SMILES string of the molecule is CCOC(=O)c1[nH]c(C)c(C(=O)Nc2nc3ccccc3s2)c1C. The molecule has 0 spiro atoms. The average molecular weight is 343 g/mol. The number of ether oxygens (including phenoxy) is 1. The van der Waals surface area contributed by atoms with Gasteiger partial charge in [-0.1, -0.05) is 23.5 Å². The summed E-state index contributed by atoms with van der Waals surface area (Å²) in [4.78, 5) is 31.9. The van der Waals surface area contributed by atoms with Crippen LogP contribution in [0.2, 0.25) is 0 Å². The molecule has 0 aliphatic rings. The van der Waals surface area contributed by atoms with Crippen LogP contribution in [0.5, 0.6) is 0 Å². The fourth-order valence-electron chi connectivity index (χ4n) is 2.58. The van der Waals surface area contributed by atoms with E-state index in [9.17, 15) is 9.59 Å². The number of amides is 1. The third-order valence-electron chi connectivity index (χ3n) is 3.66. The summed E-state index contributed by atoms with van der Waals surface area (Å²) in [6, 6.07) is 7.68. The summed E-state index contributed by atoms with van der Waals surface area (Å²) in [5.41, 5.74) is 2.78. The van der Waals surface area contributed by atoms with Gasteiger partial charge in [0.2, 0.25) is 0 Å². The van der Waals surface area contributed by atoms with Crippen molar-refractivity contribution in [1.29, 1.82) is 0 Å². The summed E-state index contributed by atoms with van der Waals surface area (Å²) in [5, 5.41) is 3.34. The molecular formula is C17H17N3O3S. The minimum atomic E-state index is -0.461. The van der Waals surface area contributed by atoms with Crippen molar-refractivity contribution in [3.05, 3.63) is 46.8 Å². The number of hydrogen-bond donors (Lipinski definition) is 2. The average Bonchev–Trinajstić information content (AvgIpc) is 3.07. The Labute approximate surface area is 142 Å². The van der Waals surface area contributed by atoms with Gasteiger partial charge in [0.25, 0.3) is 5.91 Å². The highest BCUT2D eigenvalue weighted by molar-refractivity contribution is 7.22. The van der Waals surface area contributed by atoms with Gasteiger partial charge < -0.3 is 9.72 Å². The van der Waals surface area contributed by atoms with Gasteiger partial charge in [-0.05, 0) is 38.5 Å². The summed E-state index contributed by atoms with van der Waals surface area (Å²) >= 11 is 1.41. The van der Waals surface area contributed by atoms with Gasteiger partial charge in [0.1, 0.15) is 5.69 Å². The summed E-state index contributed by atoms with van der Waals surface area (Å²) in [5.74, 6) is -0.756. The Hall–Kier alpha value is -2.67. The maximum Gasteiger partial charge on any atom is 0.355 e. The number of benzene rings is 1. The number of rotatable bonds is 4. The molecule has 1 amide bonds.